The zero-order valence-corrected chi connectivity index (χ0v) is 15.0. The van der Waals surface area contributed by atoms with E-state index in [0.29, 0.717) is 6.61 Å². The Hall–Kier alpha value is -2.57. The van der Waals surface area contributed by atoms with E-state index >= 15 is 0 Å². The first-order valence-electron chi connectivity index (χ1n) is 9.26. The van der Waals surface area contributed by atoms with Crippen molar-refractivity contribution >= 4 is 0 Å². The number of benzene rings is 1. The minimum Gasteiger partial charge on any atom is -0.364 e. The predicted molar refractivity (Wildman–Crippen MR) is 99.3 cm³/mol. The van der Waals surface area contributed by atoms with Crippen molar-refractivity contribution in [2.75, 3.05) is 13.1 Å². The highest BCUT2D eigenvalue weighted by Gasteiger charge is 2.43. The lowest BCUT2D eigenvalue weighted by Gasteiger charge is -2.35. The Kier molecular flexibility index (Phi) is 4.02. The van der Waals surface area contributed by atoms with E-state index in [1.54, 1.807) is 18.3 Å². The minimum absolute atomic E-state index is 0.210. The summed E-state index contributed by atoms with van der Waals surface area (Å²) in [5, 5.41) is 0. The number of pyridine rings is 1. The highest BCUT2D eigenvalue weighted by atomic mass is 19.1. The van der Waals surface area contributed by atoms with Crippen molar-refractivity contribution in [3.8, 4) is 11.3 Å². The average molecular weight is 364 g/mol. The Bertz CT molecular complexity index is 958. The molecule has 0 N–H and O–H groups in total. The number of imidazole rings is 1. The molecule has 0 aliphatic carbocycles. The third kappa shape index (κ3) is 3.15. The molecule has 0 unspecified atom stereocenters. The van der Waals surface area contributed by atoms with Crippen molar-refractivity contribution in [2.45, 2.75) is 31.7 Å². The van der Waals surface area contributed by atoms with Crippen LogP contribution in [0, 0.1) is 5.82 Å². The van der Waals surface area contributed by atoms with Crippen LogP contribution in [0.3, 0.4) is 0 Å². The second-order valence-electron chi connectivity index (χ2n) is 7.45. The van der Waals surface area contributed by atoms with Crippen LogP contribution in [-0.4, -0.2) is 38.1 Å². The van der Waals surface area contributed by atoms with E-state index in [4.69, 9.17) is 4.74 Å². The molecule has 1 atom stereocenters. The van der Waals surface area contributed by atoms with Crippen molar-refractivity contribution in [2.24, 2.45) is 0 Å². The van der Waals surface area contributed by atoms with Gasteiger partial charge in [0, 0.05) is 37.6 Å². The summed E-state index contributed by atoms with van der Waals surface area (Å²) >= 11 is 0. The van der Waals surface area contributed by atoms with E-state index in [9.17, 15) is 4.39 Å². The molecule has 1 aromatic carbocycles. The molecular formula is C21H21FN4O. The van der Waals surface area contributed by atoms with Gasteiger partial charge in [-0.1, -0.05) is 18.2 Å². The number of aromatic nitrogens is 3. The zero-order chi connectivity index (χ0) is 18.3. The average Bonchev–Trinajstić information content (AvgIpc) is 3.27. The van der Waals surface area contributed by atoms with E-state index in [2.05, 4.69) is 25.5 Å². The number of hydrogen-bond acceptors (Lipinski definition) is 4. The number of rotatable bonds is 3. The maximum absolute atomic E-state index is 13.7. The van der Waals surface area contributed by atoms with Crippen molar-refractivity contribution in [1.82, 2.24) is 19.4 Å². The Labute approximate surface area is 157 Å². The maximum atomic E-state index is 13.7. The van der Waals surface area contributed by atoms with Gasteiger partial charge >= 0.3 is 0 Å². The van der Waals surface area contributed by atoms with Gasteiger partial charge in [-0.25, -0.2) is 9.37 Å². The number of likely N-dealkylation sites (tertiary alicyclic amines) is 1. The molecule has 2 aliphatic heterocycles. The Balaban J connectivity index is 1.37. The maximum Gasteiger partial charge on any atom is 0.135 e. The van der Waals surface area contributed by atoms with Crippen molar-refractivity contribution < 1.29 is 9.13 Å². The van der Waals surface area contributed by atoms with E-state index in [0.717, 1.165) is 49.7 Å². The van der Waals surface area contributed by atoms with Gasteiger partial charge in [-0.3, -0.25) is 9.88 Å². The quantitative estimate of drug-likeness (QED) is 0.716. The van der Waals surface area contributed by atoms with Crippen LogP contribution >= 0.6 is 0 Å². The van der Waals surface area contributed by atoms with Gasteiger partial charge in [-0.2, -0.15) is 0 Å². The monoisotopic (exact) mass is 364 g/mol. The predicted octanol–water partition coefficient (Wildman–Crippen LogP) is 3.26. The number of fused-ring (bicyclic) bond motifs is 1. The molecule has 138 valence electrons. The molecule has 1 saturated heterocycles. The van der Waals surface area contributed by atoms with Gasteiger partial charge < -0.3 is 9.30 Å². The Morgan fingerprint density at radius 1 is 1.15 bits per heavy atom. The molecule has 0 bridgehead atoms. The Morgan fingerprint density at radius 2 is 2.11 bits per heavy atom. The summed E-state index contributed by atoms with van der Waals surface area (Å²) < 4.78 is 22.2. The molecule has 6 heteroatoms. The van der Waals surface area contributed by atoms with Gasteiger partial charge in [0.25, 0.3) is 0 Å². The van der Waals surface area contributed by atoms with Crippen LogP contribution in [0.1, 0.15) is 17.8 Å². The standard InChI is InChI=1S/C21H21FN4O/c22-18-5-1-4-17(9-18)19-11-24-20-13-27-21(15-26(19)20)6-8-25(14-21)12-16-3-2-7-23-10-16/h1-5,7,9-11H,6,8,12-15H2/t21-/m1/s1. The van der Waals surface area contributed by atoms with Gasteiger partial charge in [0.15, 0.2) is 0 Å². The molecule has 0 amide bonds. The lowest BCUT2D eigenvalue weighted by molar-refractivity contribution is -0.0821. The molecule has 1 spiro atoms. The molecule has 0 saturated carbocycles. The fourth-order valence-electron chi connectivity index (χ4n) is 4.19. The summed E-state index contributed by atoms with van der Waals surface area (Å²) in [6.07, 6.45) is 6.53. The molecular weight excluding hydrogens is 343 g/mol. The van der Waals surface area contributed by atoms with Crippen LogP contribution in [0.15, 0.2) is 55.0 Å². The second-order valence-corrected chi connectivity index (χ2v) is 7.45. The summed E-state index contributed by atoms with van der Waals surface area (Å²) in [5.74, 6) is 0.680. The van der Waals surface area contributed by atoms with Gasteiger partial charge in [0.2, 0.25) is 0 Å². The lowest BCUT2D eigenvalue weighted by Crippen LogP contribution is -2.44. The highest BCUT2D eigenvalue weighted by Crippen LogP contribution is 2.35. The minimum atomic E-state index is -0.228. The van der Waals surface area contributed by atoms with Crippen molar-refractivity contribution in [3.05, 3.63) is 72.2 Å². The zero-order valence-electron chi connectivity index (χ0n) is 15.0. The molecule has 5 nitrogen and oxygen atoms in total. The first-order valence-corrected chi connectivity index (χ1v) is 9.26. The molecule has 27 heavy (non-hydrogen) atoms. The van der Waals surface area contributed by atoms with Crippen molar-refractivity contribution in [3.63, 3.8) is 0 Å². The first kappa shape index (κ1) is 16.6. The molecule has 4 heterocycles. The van der Waals surface area contributed by atoms with E-state index in [1.165, 1.54) is 11.6 Å². The van der Waals surface area contributed by atoms with Gasteiger partial charge in [0.05, 0.1) is 18.4 Å². The number of hydrogen-bond donors (Lipinski definition) is 0. The fraction of sp³-hybridized carbons (Fsp3) is 0.333. The third-order valence-electron chi connectivity index (χ3n) is 5.54. The smallest absolute Gasteiger partial charge is 0.135 e. The summed E-state index contributed by atoms with van der Waals surface area (Å²) in [6.45, 7) is 4.00. The molecule has 5 rings (SSSR count). The van der Waals surface area contributed by atoms with Crippen LogP contribution < -0.4 is 0 Å². The fourth-order valence-corrected chi connectivity index (χ4v) is 4.19. The SMILES string of the molecule is Fc1cccc(-c2cnc3n2C[C@]2(CCN(Cc4cccnc4)C2)OC3)c1. The van der Waals surface area contributed by atoms with Crippen LogP contribution in [0.2, 0.25) is 0 Å². The highest BCUT2D eigenvalue weighted by molar-refractivity contribution is 5.59. The summed E-state index contributed by atoms with van der Waals surface area (Å²) in [6, 6.07) is 10.8. The second kappa shape index (κ2) is 6.55. The first-order chi connectivity index (χ1) is 13.2. The summed E-state index contributed by atoms with van der Waals surface area (Å²) in [4.78, 5) is 11.1. The van der Waals surface area contributed by atoms with E-state index < -0.39 is 0 Å². The lowest BCUT2D eigenvalue weighted by atomic mass is 10.0. The summed E-state index contributed by atoms with van der Waals surface area (Å²) in [7, 11) is 0. The van der Waals surface area contributed by atoms with Crippen LogP contribution in [0.4, 0.5) is 4.39 Å². The van der Waals surface area contributed by atoms with Crippen molar-refractivity contribution in [1.29, 1.82) is 0 Å². The number of halogens is 1. The number of ether oxygens (including phenoxy) is 1. The molecule has 2 aliphatic rings. The van der Waals surface area contributed by atoms with Crippen LogP contribution in [0.25, 0.3) is 11.3 Å². The molecule has 3 aromatic rings. The van der Waals surface area contributed by atoms with E-state index in [-0.39, 0.29) is 11.4 Å². The van der Waals surface area contributed by atoms with Gasteiger partial charge in [-0.15, -0.1) is 0 Å². The molecule has 0 radical (unpaired) electrons. The molecule has 2 aromatic heterocycles. The van der Waals surface area contributed by atoms with Crippen LogP contribution in [-0.2, 0) is 24.4 Å². The number of nitrogens with zero attached hydrogens (tertiary/aromatic N) is 4. The molecule has 1 fully saturated rings. The third-order valence-corrected chi connectivity index (χ3v) is 5.54. The summed E-state index contributed by atoms with van der Waals surface area (Å²) in [5.41, 5.74) is 2.82. The Morgan fingerprint density at radius 3 is 2.96 bits per heavy atom. The van der Waals surface area contributed by atoms with Crippen LogP contribution in [0.5, 0.6) is 0 Å². The van der Waals surface area contributed by atoms with Gasteiger partial charge in [-0.05, 0) is 30.2 Å². The normalized spacial score (nSPS) is 22.3. The topological polar surface area (TPSA) is 43.2 Å². The van der Waals surface area contributed by atoms with E-state index in [1.807, 2.05) is 24.5 Å². The largest absolute Gasteiger partial charge is 0.364 e. The van der Waals surface area contributed by atoms with Gasteiger partial charge in [0.1, 0.15) is 23.8 Å².